The van der Waals surface area contributed by atoms with Gasteiger partial charge in [-0.3, -0.25) is 5.01 Å². The van der Waals surface area contributed by atoms with Crippen LogP contribution in [0.4, 0.5) is 0 Å². The first-order valence-corrected chi connectivity index (χ1v) is 8.21. The summed E-state index contributed by atoms with van der Waals surface area (Å²) in [6.07, 6.45) is 1.35. The Balaban J connectivity index is 2.23. The minimum atomic E-state index is -3.64. The molecule has 0 bridgehead atoms. The number of nitrogens with zero attached hydrogens (tertiary/aromatic N) is 2. The number of hydrogen-bond acceptors (Lipinski definition) is 5. The van der Waals surface area contributed by atoms with E-state index >= 15 is 0 Å². The van der Waals surface area contributed by atoms with Gasteiger partial charge in [0.1, 0.15) is 4.91 Å². The number of sulfone groups is 1. The van der Waals surface area contributed by atoms with Gasteiger partial charge < -0.3 is 0 Å². The van der Waals surface area contributed by atoms with Crippen LogP contribution in [0.5, 0.6) is 0 Å². The molecule has 0 amide bonds. The Bertz CT molecular complexity index is 828. The molecule has 0 fully saturated rings. The number of hydrazone groups is 1. The van der Waals surface area contributed by atoms with Crippen LogP contribution in [0.25, 0.3) is 5.70 Å². The maximum Gasteiger partial charge on any atom is 0.210 e. The van der Waals surface area contributed by atoms with E-state index < -0.39 is 9.84 Å². The molecule has 3 rings (SSSR count). The molecule has 112 valence electrons. The number of rotatable bonds is 3. The zero-order valence-corrected chi connectivity index (χ0v) is 12.8. The van der Waals surface area contributed by atoms with E-state index in [9.17, 15) is 8.42 Å². The van der Waals surface area contributed by atoms with Crippen molar-refractivity contribution >= 4 is 21.7 Å². The van der Waals surface area contributed by atoms with Crippen molar-refractivity contribution in [1.82, 2.24) is 10.5 Å². The first-order valence-electron chi connectivity index (χ1n) is 6.73. The largest absolute Gasteiger partial charge is 0.273 e. The topological polar surface area (TPSA) is 61.8 Å². The van der Waals surface area contributed by atoms with E-state index in [2.05, 4.69) is 10.6 Å². The first-order chi connectivity index (χ1) is 10.6. The highest BCUT2D eigenvalue weighted by Gasteiger charge is 2.28. The lowest BCUT2D eigenvalue weighted by Crippen LogP contribution is -2.34. The van der Waals surface area contributed by atoms with Gasteiger partial charge in [-0.1, -0.05) is 48.5 Å². The third-order valence-electron chi connectivity index (χ3n) is 3.35. The molecule has 1 aliphatic heterocycles. The molecular formula is C16H15N3O2S. The Kier molecular flexibility index (Phi) is 3.68. The number of allylic oxidation sites excluding steroid dienone is 1. The molecule has 0 aromatic heterocycles. The summed E-state index contributed by atoms with van der Waals surface area (Å²) >= 11 is 0. The van der Waals surface area contributed by atoms with Crippen LogP contribution < -0.4 is 5.53 Å². The van der Waals surface area contributed by atoms with Gasteiger partial charge in [-0.15, -0.1) is 0 Å². The van der Waals surface area contributed by atoms with Crippen molar-refractivity contribution in [3.05, 3.63) is 71.1 Å². The van der Waals surface area contributed by atoms with Crippen molar-refractivity contribution in [3.8, 4) is 0 Å². The van der Waals surface area contributed by atoms with E-state index in [1.54, 1.807) is 42.4 Å². The van der Waals surface area contributed by atoms with Gasteiger partial charge in [0.2, 0.25) is 9.84 Å². The highest BCUT2D eigenvalue weighted by molar-refractivity contribution is 7.96. The van der Waals surface area contributed by atoms with Gasteiger partial charge in [0.15, 0.2) is 0 Å². The molecule has 6 heteroatoms. The van der Waals surface area contributed by atoms with Gasteiger partial charge in [0, 0.05) is 12.6 Å². The molecule has 0 radical (unpaired) electrons. The molecule has 1 aliphatic rings. The van der Waals surface area contributed by atoms with Crippen LogP contribution in [0.15, 0.2) is 75.6 Å². The number of hydrogen-bond donors (Lipinski definition) is 1. The molecule has 22 heavy (non-hydrogen) atoms. The predicted molar refractivity (Wildman–Crippen MR) is 86.4 cm³/mol. The standard InChI is InChI=1S/C16H15N3O2S/c1-19-16(13-8-4-2-5-9-13)15(12-17-18-19)22(20,21)14-10-6-3-7-11-14/h2-12,18H,1H3. The van der Waals surface area contributed by atoms with Crippen molar-refractivity contribution in [2.24, 2.45) is 5.10 Å². The van der Waals surface area contributed by atoms with E-state index in [-0.39, 0.29) is 9.80 Å². The molecule has 0 atom stereocenters. The van der Waals surface area contributed by atoms with Crippen LogP contribution >= 0.6 is 0 Å². The summed E-state index contributed by atoms with van der Waals surface area (Å²) in [4.78, 5) is 0.423. The molecule has 1 heterocycles. The summed E-state index contributed by atoms with van der Waals surface area (Å²) in [6, 6.07) is 17.7. The van der Waals surface area contributed by atoms with Crippen LogP contribution in [-0.4, -0.2) is 26.7 Å². The summed E-state index contributed by atoms with van der Waals surface area (Å²) in [5, 5.41) is 5.52. The lowest BCUT2D eigenvalue weighted by molar-refractivity contribution is 0.355. The highest BCUT2D eigenvalue weighted by Crippen LogP contribution is 2.29. The molecule has 2 aromatic carbocycles. The van der Waals surface area contributed by atoms with E-state index in [4.69, 9.17) is 0 Å². The van der Waals surface area contributed by atoms with Crippen molar-refractivity contribution in [2.45, 2.75) is 4.90 Å². The maximum atomic E-state index is 12.9. The van der Waals surface area contributed by atoms with Crippen LogP contribution in [0.3, 0.4) is 0 Å². The summed E-state index contributed by atoms with van der Waals surface area (Å²) < 4.78 is 25.8. The van der Waals surface area contributed by atoms with Crippen molar-refractivity contribution in [2.75, 3.05) is 7.05 Å². The molecular weight excluding hydrogens is 298 g/mol. The average molecular weight is 313 g/mol. The zero-order chi connectivity index (χ0) is 15.6. The molecule has 0 spiro atoms. The lowest BCUT2D eigenvalue weighted by atomic mass is 10.1. The van der Waals surface area contributed by atoms with Crippen LogP contribution in [-0.2, 0) is 9.84 Å². The molecule has 2 aromatic rings. The maximum absolute atomic E-state index is 12.9. The van der Waals surface area contributed by atoms with E-state index in [0.29, 0.717) is 5.70 Å². The molecule has 0 aliphatic carbocycles. The molecule has 0 saturated carbocycles. The SMILES string of the molecule is CN1NN=CC(S(=O)(=O)c2ccccc2)=C1c1ccccc1. The van der Waals surface area contributed by atoms with Gasteiger partial charge >= 0.3 is 0 Å². The van der Waals surface area contributed by atoms with Crippen LogP contribution in [0, 0.1) is 0 Å². The summed E-state index contributed by atoms with van der Waals surface area (Å²) in [5.41, 5.74) is 4.14. The average Bonchev–Trinajstić information content (AvgIpc) is 2.56. The van der Waals surface area contributed by atoms with E-state index in [1.807, 2.05) is 30.3 Å². The highest BCUT2D eigenvalue weighted by atomic mass is 32.2. The summed E-state index contributed by atoms with van der Waals surface area (Å²) in [7, 11) is -1.91. The second kappa shape index (κ2) is 5.65. The Hall–Kier alpha value is -2.60. The van der Waals surface area contributed by atoms with Crippen LogP contribution in [0.2, 0.25) is 0 Å². The fourth-order valence-corrected chi connectivity index (χ4v) is 3.78. The monoisotopic (exact) mass is 313 g/mol. The van der Waals surface area contributed by atoms with Crippen molar-refractivity contribution in [3.63, 3.8) is 0 Å². The first kappa shape index (κ1) is 14.3. The fourth-order valence-electron chi connectivity index (χ4n) is 2.31. The second-order valence-electron chi connectivity index (χ2n) is 4.81. The Morgan fingerprint density at radius 2 is 1.55 bits per heavy atom. The lowest BCUT2D eigenvalue weighted by Gasteiger charge is -2.27. The minimum Gasteiger partial charge on any atom is -0.273 e. The quantitative estimate of drug-likeness (QED) is 0.944. The van der Waals surface area contributed by atoms with Crippen molar-refractivity contribution in [1.29, 1.82) is 0 Å². The van der Waals surface area contributed by atoms with Gasteiger partial charge in [-0.05, 0) is 12.1 Å². The van der Waals surface area contributed by atoms with Crippen molar-refractivity contribution < 1.29 is 8.42 Å². The second-order valence-corrected chi connectivity index (χ2v) is 6.73. The number of benzene rings is 2. The Morgan fingerprint density at radius 1 is 0.955 bits per heavy atom. The van der Waals surface area contributed by atoms with E-state index in [1.165, 1.54) is 6.21 Å². The van der Waals surface area contributed by atoms with Gasteiger partial charge in [-0.25, -0.2) is 14.0 Å². The smallest absolute Gasteiger partial charge is 0.210 e. The molecule has 5 nitrogen and oxygen atoms in total. The Labute approximate surface area is 129 Å². The third kappa shape index (κ3) is 2.48. The Morgan fingerprint density at radius 3 is 2.18 bits per heavy atom. The predicted octanol–water partition coefficient (Wildman–Crippen LogP) is 2.26. The van der Waals surface area contributed by atoms with Gasteiger partial charge in [0.25, 0.3) is 0 Å². The molecule has 0 saturated heterocycles. The summed E-state index contributed by atoms with van der Waals surface area (Å²) in [6.45, 7) is 0. The zero-order valence-electron chi connectivity index (χ0n) is 12.0. The fraction of sp³-hybridized carbons (Fsp3) is 0.0625. The molecule has 1 N–H and O–H groups in total. The molecule has 0 unspecified atom stereocenters. The normalized spacial score (nSPS) is 14.9. The number of nitrogens with one attached hydrogen (secondary N) is 1. The minimum absolute atomic E-state index is 0.172. The van der Waals surface area contributed by atoms with Gasteiger partial charge in [0.05, 0.1) is 16.8 Å². The third-order valence-corrected chi connectivity index (χ3v) is 5.12. The summed E-state index contributed by atoms with van der Waals surface area (Å²) in [5.74, 6) is 0. The van der Waals surface area contributed by atoms with Gasteiger partial charge in [-0.2, -0.15) is 5.10 Å². The number of hydrazine groups is 1. The van der Waals surface area contributed by atoms with Crippen LogP contribution in [0.1, 0.15) is 5.56 Å². The van der Waals surface area contributed by atoms with E-state index in [0.717, 1.165) is 5.56 Å².